The zero-order valence-corrected chi connectivity index (χ0v) is 20.3. The first-order chi connectivity index (χ1) is 14.8. The van der Waals surface area contributed by atoms with Crippen molar-refractivity contribution in [2.75, 3.05) is 25.7 Å². The number of hydrogen-bond acceptors (Lipinski definition) is 9. The Bertz CT molecular complexity index is 567. The van der Waals surface area contributed by atoms with E-state index >= 15 is 0 Å². The summed E-state index contributed by atoms with van der Waals surface area (Å²) < 4.78 is 21.9. The standard InChI is InChI=1S/C18H31ClN2O6S.CH3FS/c1-8(19)10(16-13(23)12(22)14(24)18(27-16)28-2)21-17(25)11-15-9(7-20-11)5-3-4-6-26-15;1-3-2/h8-16,18,20,22-24H,3-7H2,1-2H3,(H,21,25);1H3/t8-,9-,10+,11-,12+,13?,14+,15-,16+,18?;/m0./s1. The molecule has 1 amide bonds. The number of ether oxygens (including phenoxy) is 2. The van der Waals surface area contributed by atoms with E-state index in [9.17, 15) is 24.0 Å². The van der Waals surface area contributed by atoms with E-state index in [4.69, 9.17) is 21.1 Å². The molecule has 0 saturated carbocycles. The fourth-order valence-electron chi connectivity index (χ4n) is 4.33. The van der Waals surface area contributed by atoms with Crippen LogP contribution in [0.3, 0.4) is 0 Å². The number of aliphatic hydroxyl groups excluding tert-OH is 3. The highest BCUT2D eigenvalue weighted by atomic mass is 35.5. The van der Waals surface area contributed by atoms with Crippen LogP contribution in [0.5, 0.6) is 0 Å². The maximum Gasteiger partial charge on any atom is 0.240 e. The number of alkyl halides is 1. The second-order valence-corrected chi connectivity index (χ2v) is 9.95. The van der Waals surface area contributed by atoms with Crippen LogP contribution >= 0.6 is 35.5 Å². The van der Waals surface area contributed by atoms with E-state index < -0.39 is 47.3 Å². The first kappa shape index (κ1) is 27.4. The average Bonchev–Trinajstić information content (AvgIpc) is 3.00. The van der Waals surface area contributed by atoms with Gasteiger partial charge in [0.1, 0.15) is 35.9 Å². The number of carbonyl (C=O) groups excluding carboxylic acids is 1. The Kier molecular flexibility index (Phi) is 11.6. The molecule has 3 aliphatic rings. The van der Waals surface area contributed by atoms with E-state index in [0.717, 1.165) is 25.8 Å². The number of fused-ring (bicyclic) bond motifs is 1. The summed E-state index contributed by atoms with van der Waals surface area (Å²) in [6.07, 6.45) is 1.13. The summed E-state index contributed by atoms with van der Waals surface area (Å²) in [4.78, 5) is 13.0. The first-order valence-corrected chi connectivity index (χ1v) is 13.3. The van der Waals surface area contributed by atoms with Crippen LogP contribution in [0.2, 0.25) is 0 Å². The van der Waals surface area contributed by atoms with Gasteiger partial charge in [0, 0.05) is 31.6 Å². The summed E-state index contributed by atoms with van der Waals surface area (Å²) in [5, 5.41) is 36.3. The summed E-state index contributed by atoms with van der Waals surface area (Å²) in [6, 6.07) is -1.23. The van der Waals surface area contributed by atoms with Gasteiger partial charge in [0.15, 0.2) is 0 Å². The summed E-state index contributed by atoms with van der Waals surface area (Å²) >= 11 is 7.80. The molecule has 3 saturated heterocycles. The summed E-state index contributed by atoms with van der Waals surface area (Å²) in [6.45, 7) is 3.07. The minimum Gasteiger partial charge on any atom is -0.388 e. The normalized spacial score (nSPS) is 40.0. The van der Waals surface area contributed by atoms with Crippen LogP contribution < -0.4 is 10.6 Å². The average molecular weight is 505 g/mol. The Hall–Kier alpha value is 0.150. The van der Waals surface area contributed by atoms with Crippen LogP contribution in [0.25, 0.3) is 0 Å². The molecule has 0 radical (unpaired) electrons. The van der Waals surface area contributed by atoms with Gasteiger partial charge >= 0.3 is 0 Å². The van der Waals surface area contributed by atoms with Crippen molar-refractivity contribution in [2.45, 2.75) is 79.6 Å². The maximum absolute atomic E-state index is 13.0. The third-order valence-corrected chi connectivity index (χ3v) is 7.08. The second kappa shape index (κ2) is 13.1. The monoisotopic (exact) mass is 504 g/mol. The Labute approximate surface area is 196 Å². The molecule has 0 aromatic rings. The molecule has 2 unspecified atom stereocenters. The molecule has 5 N–H and O–H groups in total. The topological polar surface area (TPSA) is 120 Å². The zero-order valence-electron chi connectivity index (χ0n) is 17.9. The highest BCUT2D eigenvalue weighted by molar-refractivity contribution is 7.99. The van der Waals surface area contributed by atoms with Gasteiger partial charge in [0.2, 0.25) is 5.91 Å². The third-order valence-electron chi connectivity index (χ3n) is 5.95. The van der Waals surface area contributed by atoms with Crippen molar-refractivity contribution in [1.82, 2.24) is 10.6 Å². The molecule has 3 fully saturated rings. The van der Waals surface area contributed by atoms with E-state index in [-0.39, 0.29) is 24.2 Å². The Balaban J connectivity index is 0.00000107. The molecule has 3 rings (SSSR count). The molecule has 0 aromatic carbocycles. The molecule has 3 heterocycles. The summed E-state index contributed by atoms with van der Waals surface area (Å²) in [5.74, 6) is 0.0449. The van der Waals surface area contributed by atoms with Crippen molar-refractivity contribution in [2.24, 2.45) is 5.92 Å². The molecule has 8 nitrogen and oxygen atoms in total. The SMILES string of the molecule is CSC1O[C@H]([C@H](NC(=O)[C@H]2NC[C@@H]3CCCCO[C@@H]32)[C@H](C)Cl)C(O)[C@@H](O)[C@H]1O.CSF. The van der Waals surface area contributed by atoms with Crippen molar-refractivity contribution in [3.8, 4) is 0 Å². The lowest BCUT2D eigenvalue weighted by Crippen LogP contribution is -2.65. The van der Waals surface area contributed by atoms with E-state index in [1.807, 2.05) is 0 Å². The van der Waals surface area contributed by atoms with Crippen LogP contribution in [0.1, 0.15) is 26.2 Å². The molecule has 0 spiro atoms. The number of hydrogen-bond donors (Lipinski definition) is 5. The molecule has 0 aromatic heterocycles. The number of amides is 1. The molecule has 0 bridgehead atoms. The maximum atomic E-state index is 13.0. The van der Waals surface area contributed by atoms with Gasteiger partial charge in [0.25, 0.3) is 0 Å². The number of nitrogens with one attached hydrogen (secondary N) is 2. The van der Waals surface area contributed by atoms with E-state index in [1.165, 1.54) is 18.0 Å². The van der Waals surface area contributed by atoms with Gasteiger partial charge in [-0.2, -0.15) is 3.89 Å². The van der Waals surface area contributed by atoms with Crippen molar-refractivity contribution in [1.29, 1.82) is 0 Å². The minimum absolute atomic E-state index is 0.183. The van der Waals surface area contributed by atoms with Gasteiger partial charge in [-0.15, -0.1) is 23.4 Å². The number of halogens is 2. The Morgan fingerprint density at radius 3 is 2.52 bits per heavy atom. The largest absolute Gasteiger partial charge is 0.388 e. The van der Waals surface area contributed by atoms with Crippen LogP contribution in [-0.4, -0.2) is 100 Å². The van der Waals surface area contributed by atoms with Crippen LogP contribution in [-0.2, 0) is 14.3 Å². The van der Waals surface area contributed by atoms with E-state index in [1.54, 1.807) is 13.2 Å². The predicted octanol–water partition coefficient (Wildman–Crippen LogP) is 0.660. The molecular weight excluding hydrogens is 471 g/mol. The molecule has 3 aliphatic heterocycles. The first-order valence-electron chi connectivity index (χ1n) is 10.4. The fraction of sp³-hybridized carbons (Fsp3) is 0.947. The predicted molar refractivity (Wildman–Crippen MR) is 121 cm³/mol. The number of aliphatic hydroxyl groups is 3. The van der Waals surface area contributed by atoms with Crippen LogP contribution in [0.15, 0.2) is 0 Å². The van der Waals surface area contributed by atoms with E-state index in [0.29, 0.717) is 12.5 Å². The van der Waals surface area contributed by atoms with E-state index in [2.05, 4.69) is 10.6 Å². The summed E-state index contributed by atoms with van der Waals surface area (Å²) in [5.41, 5.74) is -0.725. The second-order valence-electron chi connectivity index (χ2n) is 8.02. The lowest BCUT2D eigenvalue weighted by Gasteiger charge is -2.44. The molecule has 182 valence electrons. The molecule has 0 aliphatic carbocycles. The van der Waals surface area contributed by atoms with Gasteiger partial charge in [-0.3, -0.25) is 4.79 Å². The Morgan fingerprint density at radius 2 is 1.90 bits per heavy atom. The van der Waals surface area contributed by atoms with Crippen molar-refractivity contribution in [3.63, 3.8) is 0 Å². The smallest absolute Gasteiger partial charge is 0.240 e. The highest BCUT2D eigenvalue weighted by Gasteiger charge is 2.49. The molecule has 12 heteroatoms. The Morgan fingerprint density at radius 1 is 1.23 bits per heavy atom. The lowest BCUT2D eigenvalue weighted by atomic mass is 9.92. The highest BCUT2D eigenvalue weighted by Crippen LogP contribution is 2.31. The number of rotatable bonds is 5. The number of carbonyl (C=O) groups is 1. The molecule has 31 heavy (non-hydrogen) atoms. The summed E-state index contributed by atoms with van der Waals surface area (Å²) in [7, 11) is 0. The minimum atomic E-state index is -1.38. The van der Waals surface area contributed by atoms with Gasteiger partial charge in [-0.05, 0) is 31.9 Å². The van der Waals surface area contributed by atoms with Gasteiger partial charge in [-0.25, -0.2) is 0 Å². The number of thioether (sulfide) groups is 1. The van der Waals surface area contributed by atoms with Crippen LogP contribution in [0, 0.1) is 5.92 Å². The molecule has 10 atom stereocenters. The lowest BCUT2D eigenvalue weighted by molar-refractivity contribution is -0.205. The quantitative estimate of drug-likeness (QED) is 0.344. The van der Waals surface area contributed by atoms with Gasteiger partial charge in [0.05, 0.1) is 17.5 Å². The van der Waals surface area contributed by atoms with Crippen LogP contribution in [0.4, 0.5) is 3.89 Å². The third kappa shape index (κ3) is 6.83. The van der Waals surface area contributed by atoms with Crippen molar-refractivity contribution >= 4 is 41.4 Å². The van der Waals surface area contributed by atoms with Gasteiger partial charge in [-0.1, -0.05) is 6.42 Å². The van der Waals surface area contributed by atoms with Gasteiger partial charge < -0.3 is 35.4 Å². The molecular formula is C19H34ClFN2O6S2. The van der Waals surface area contributed by atoms with Crippen molar-refractivity contribution in [3.05, 3.63) is 0 Å². The fourth-order valence-corrected chi connectivity index (χ4v) is 5.21. The van der Waals surface area contributed by atoms with Crippen molar-refractivity contribution < 1.29 is 33.5 Å². The zero-order chi connectivity index (χ0) is 23.1.